The van der Waals surface area contributed by atoms with Gasteiger partial charge in [-0.15, -0.1) is 0 Å². The summed E-state index contributed by atoms with van der Waals surface area (Å²) in [7, 11) is 4.01. The van der Waals surface area contributed by atoms with Crippen LogP contribution in [0.15, 0.2) is 12.3 Å². The van der Waals surface area contributed by atoms with Gasteiger partial charge in [-0.3, -0.25) is 0 Å². The van der Waals surface area contributed by atoms with E-state index in [-0.39, 0.29) is 0 Å². The Kier molecular flexibility index (Phi) is 3.55. The highest BCUT2D eigenvalue weighted by Crippen LogP contribution is 2.30. The van der Waals surface area contributed by atoms with Crippen LogP contribution in [0.1, 0.15) is 19.3 Å². The average Bonchev–Trinajstić information content (AvgIpc) is 2.47. The number of fused-ring (bicyclic) bond motifs is 1. The Balaban J connectivity index is 1.74. The summed E-state index contributed by atoms with van der Waals surface area (Å²) in [4.78, 5) is 13.4. The molecule has 2 atom stereocenters. The van der Waals surface area contributed by atoms with Gasteiger partial charge in [-0.05, 0) is 25.3 Å². The molecule has 104 valence electrons. The van der Waals surface area contributed by atoms with E-state index in [9.17, 15) is 0 Å². The van der Waals surface area contributed by atoms with E-state index in [0.29, 0.717) is 12.0 Å². The molecule has 2 saturated heterocycles. The first-order valence-corrected chi connectivity index (χ1v) is 7.11. The van der Waals surface area contributed by atoms with Crippen LogP contribution in [0.3, 0.4) is 0 Å². The standard InChI is InChI=1S/C14H22N4O/c1-17(2)13-5-7-15-14(16-13)18-8-6-12-11(10-18)4-3-9-19-12/h5,7,11-12H,3-4,6,8-10H2,1-2H3. The molecular weight excluding hydrogens is 240 g/mol. The van der Waals surface area contributed by atoms with E-state index in [1.165, 1.54) is 12.8 Å². The molecule has 1 aromatic rings. The zero-order valence-corrected chi connectivity index (χ0v) is 11.7. The third-order valence-electron chi connectivity index (χ3n) is 4.08. The second kappa shape index (κ2) is 5.33. The Morgan fingerprint density at radius 3 is 3.11 bits per heavy atom. The summed E-state index contributed by atoms with van der Waals surface area (Å²) in [5.41, 5.74) is 0. The SMILES string of the molecule is CN(C)c1ccnc(N2CCC3OCCCC3C2)n1. The van der Waals surface area contributed by atoms with Gasteiger partial charge in [-0.2, -0.15) is 4.98 Å². The summed E-state index contributed by atoms with van der Waals surface area (Å²) in [6, 6.07) is 1.94. The minimum absolute atomic E-state index is 0.460. The number of ether oxygens (including phenoxy) is 1. The first-order valence-electron chi connectivity index (χ1n) is 7.11. The number of hydrogen-bond donors (Lipinski definition) is 0. The number of piperidine rings is 1. The van der Waals surface area contributed by atoms with E-state index in [2.05, 4.69) is 14.9 Å². The van der Waals surface area contributed by atoms with Gasteiger partial charge >= 0.3 is 0 Å². The molecule has 0 aromatic carbocycles. The fraction of sp³-hybridized carbons (Fsp3) is 0.714. The summed E-state index contributed by atoms with van der Waals surface area (Å²) in [6.45, 7) is 2.97. The normalized spacial score (nSPS) is 26.9. The van der Waals surface area contributed by atoms with Gasteiger partial charge in [-0.1, -0.05) is 0 Å². The van der Waals surface area contributed by atoms with Gasteiger partial charge in [0.15, 0.2) is 0 Å². The molecule has 0 saturated carbocycles. The number of anilines is 2. The Morgan fingerprint density at radius 2 is 2.26 bits per heavy atom. The fourth-order valence-electron chi connectivity index (χ4n) is 3.01. The van der Waals surface area contributed by atoms with Gasteiger partial charge in [-0.25, -0.2) is 4.98 Å². The van der Waals surface area contributed by atoms with Crippen molar-refractivity contribution in [2.24, 2.45) is 5.92 Å². The average molecular weight is 262 g/mol. The van der Waals surface area contributed by atoms with E-state index >= 15 is 0 Å². The molecule has 2 unspecified atom stereocenters. The number of rotatable bonds is 2. The first kappa shape index (κ1) is 12.7. The highest BCUT2D eigenvalue weighted by molar-refractivity contribution is 5.42. The Bertz CT molecular complexity index is 437. The van der Waals surface area contributed by atoms with Crippen LogP contribution in [0.2, 0.25) is 0 Å². The molecule has 2 aliphatic rings. The van der Waals surface area contributed by atoms with Crippen molar-refractivity contribution in [2.45, 2.75) is 25.4 Å². The summed E-state index contributed by atoms with van der Waals surface area (Å²) in [6.07, 6.45) is 5.87. The number of aromatic nitrogens is 2. The smallest absolute Gasteiger partial charge is 0.227 e. The molecule has 3 heterocycles. The second-order valence-electron chi connectivity index (χ2n) is 5.66. The predicted molar refractivity (Wildman–Crippen MR) is 75.7 cm³/mol. The molecule has 0 bridgehead atoms. The predicted octanol–water partition coefficient (Wildman–Crippen LogP) is 1.55. The van der Waals surface area contributed by atoms with Crippen molar-refractivity contribution >= 4 is 11.8 Å². The molecule has 0 aliphatic carbocycles. The quantitative estimate of drug-likeness (QED) is 0.809. The molecule has 0 spiro atoms. The molecule has 2 fully saturated rings. The summed E-state index contributed by atoms with van der Waals surface area (Å²) >= 11 is 0. The van der Waals surface area contributed by atoms with Gasteiger partial charge < -0.3 is 14.5 Å². The zero-order chi connectivity index (χ0) is 13.2. The molecule has 0 radical (unpaired) electrons. The highest BCUT2D eigenvalue weighted by Gasteiger charge is 2.32. The molecule has 19 heavy (non-hydrogen) atoms. The Labute approximate surface area is 114 Å². The maximum absolute atomic E-state index is 5.85. The number of nitrogens with zero attached hydrogens (tertiary/aromatic N) is 4. The lowest BCUT2D eigenvalue weighted by Crippen LogP contribution is -2.47. The molecule has 1 aromatic heterocycles. The van der Waals surface area contributed by atoms with Gasteiger partial charge in [0.1, 0.15) is 5.82 Å². The van der Waals surface area contributed by atoms with E-state index in [4.69, 9.17) is 4.74 Å². The van der Waals surface area contributed by atoms with Gasteiger partial charge in [0, 0.05) is 45.9 Å². The summed E-state index contributed by atoms with van der Waals surface area (Å²) in [5, 5.41) is 0. The van der Waals surface area contributed by atoms with Crippen molar-refractivity contribution in [1.29, 1.82) is 0 Å². The molecule has 5 nitrogen and oxygen atoms in total. The second-order valence-corrected chi connectivity index (χ2v) is 5.66. The largest absolute Gasteiger partial charge is 0.378 e. The molecule has 2 aliphatic heterocycles. The third-order valence-corrected chi connectivity index (χ3v) is 4.08. The van der Waals surface area contributed by atoms with Gasteiger partial charge in [0.05, 0.1) is 6.10 Å². The van der Waals surface area contributed by atoms with Crippen molar-refractivity contribution in [3.8, 4) is 0 Å². The topological polar surface area (TPSA) is 41.5 Å². The molecule has 0 N–H and O–H groups in total. The van der Waals surface area contributed by atoms with E-state index in [1.54, 1.807) is 0 Å². The van der Waals surface area contributed by atoms with Crippen LogP contribution in [0, 0.1) is 5.92 Å². The van der Waals surface area contributed by atoms with Crippen molar-refractivity contribution in [3.63, 3.8) is 0 Å². The van der Waals surface area contributed by atoms with Crippen LogP contribution in [-0.2, 0) is 4.74 Å². The minimum atomic E-state index is 0.460. The van der Waals surface area contributed by atoms with Gasteiger partial charge in [0.2, 0.25) is 5.95 Å². The molecular formula is C14H22N4O. The van der Waals surface area contributed by atoms with Crippen LogP contribution >= 0.6 is 0 Å². The minimum Gasteiger partial charge on any atom is -0.378 e. The highest BCUT2D eigenvalue weighted by atomic mass is 16.5. The lowest BCUT2D eigenvalue weighted by molar-refractivity contribution is -0.0359. The molecule has 3 rings (SSSR count). The monoisotopic (exact) mass is 262 g/mol. The van der Waals surface area contributed by atoms with Crippen LogP contribution in [0.5, 0.6) is 0 Å². The third kappa shape index (κ3) is 2.66. The lowest BCUT2D eigenvalue weighted by Gasteiger charge is -2.41. The first-order chi connectivity index (χ1) is 9.24. The van der Waals surface area contributed by atoms with Crippen molar-refractivity contribution < 1.29 is 4.74 Å². The van der Waals surface area contributed by atoms with Crippen molar-refractivity contribution in [1.82, 2.24) is 9.97 Å². The van der Waals surface area contributed by atoms with E-state index in [1.807, 2.05) is 31.3 Å². The maximum Gasteiger partial charge on any atom is 0.227 e. The van der Waals surface area contributed by atoms with E-state index in [0.717, 1.165) is 37.9 Å². The Morgan fingerprint density at radius 1 is 1.37 bits per heavy atom. The maximum atomic E-state index is 5.85. The zero-order valence-electron chi connectivity index (χ0n) is 11.7. The Hall–Kier alpha value is -1.36. The lowest BCUT2D eigenvalue weighted by atomic mass is 9.89. The van der Waals surface area contributed by atoms with Crippen molar-refractivity contribution in [3.05, 3.63) is 12.3 Å². The van der Waals surface area contributed by atoms with Crippen LogP contribution in [0.25, 0.3) is 0 Å². The van der Waals surface area contributed by atoms with Crippen LogP contribution < -0.4 is 9.80 Å². The summed E-state index contributed by atoms with van der Waals surface area (Å²) in [5.74, 6) is 2.47. The van der Waals surface area contributed by atoms with Crippen LogP contribution in [-0.4, -0.2) is 49.9 Å². The summed E-state index contributed by atoms with van der Waals surface area (Å²) < 4.78 is 5.85. The number of hydrogen-bond acceptors (Lipinski definition) is 5. The van der Waals surface area contributed by atoms with Gasteiger partial charge in [0.25, 0.3) is 0 Å². The fourth-order valence-corrected chi connectivity index (χ4v) is 3.01. The molecule has 5 heteroatoms. The van der Waals surface area contributed by atoms with Crippen LogP contribution in [0.4, 0.5) is 11.8 Å². The molecule has 0 amide bonds. The van der Waals surface area contributed by atoms with Crippen molar-refractivity contribution in [2.75, 3.05) is 43.6 Å². The van der Waals surface area contributed by atoms with E-state index < -0.39 is 0 Å².